The summed E-state index contributed by atoms with van der Waals surface area (Å²) in [7, 11) is 3.60. The van der Waals surface area contributed by atoms with Crippen molar-refractivity contribution in [3.05, 3.63) is 49.1 Å². The summed E-state index contributed by atoms with van der Waals surface area (Å²) in [6.45, 7) is 0. The molecule has 3 heterocycles. The lowest BCUT2D eigenvalue weighted by atomic mass is 10.3. The van der Waals surface area contributed by atoms with Gasteiger partial charge >= 0.3 is 0 Å². The maximum Gasteiger partial charge on any atom is 0.231 e. The Kier molecular flexibility index (Phi) is 3.89. The molecule has 5 rings (SSSR count). The zero-order chi connectivity index (χ0) is 19.1. The fraction of sp³-hybridized carbons (Fsp3) is 0.250. The molecule has 0 unspecified atom stereocenters. The molecular weight excluding hydrogens is 354 g/mol. The number of aromatic nitrogens is 6. The Balaban J connectivity index is 1.62. The Morgan fingerprint density at radius 3 is 2.79 bits per heavy atom. The predicted octanol–water partition coefficient (Wildman–Crippen LogP) is 3.39. The molecule has 140 valence electrons. The standard InChI is InChI=1S/C20H19N7O/c1-26(14-4-3-5-15(10-14)28-2)20-22-11-17-19(25-20)27(13-6-7-13)18(24-17)16-8-9-21-12-23-16/h3-5,8-13H,6-7H2,1-2H3. The van der Waals surface area contributed by atoms with Crippen LogP contribution >= 0.6 is 0 Å². The van der Waals surface area contributed by atoms with Crippen LogP contribution in [0.25, 0.3) is 22.7 Å². The van der Waals surface area contributed by atoms with Gasteiger partial charge in [-0.05, 0) is 31.0 Å². The van der Waals surface area contributed by atoms with Crippen LogP contribution in [0.2, 0.25) is 0 Å². The molecule has 0 saturated heterocycles. The van der Waals surface area contributed by atoms with Gasteiger partial charge in [0, 0.05) is 31.0 Å². The topological polar surface area (TPSA) is 81.9 Å². The molecule has 3 aromatic heterocycles. The molecule has 1 aliphatic carbocycles. The van der Waals surface area contributed by atoms with Gasteiger partial charge in [-0.15, -0.1) is 0 Å². The van der Waals surface area contributed by atoms with Crippen molar-refractivity contribution < 1.29 is 4.74 Å². The number of rotatable bonds is 5. The predicted molar refractivity (Wildman–Crippen MR) is 106 cm³/mol. The van der Waals surface area contributed by atoms with Crippen LogP contribution in [-0.2, 0) is 0 Å². The highest BCUT2D eigenvalue weighted by atomic mass is 16.5. The minimum absolute atomic E-state index is 0.403. The van der Waals surface area contributed by atoms with E-state index < -0.39 is 0 Å². The Labute approximate surface area is 161 Å². The molecule has 0 spiro atoms. The molecule has 1 saturated carbocycles. The monoisotopic (exact) mass is 373 g/mol. The summed E-state index contributed by atoms with van der Waals surface area (Å²) in [6, 6.07) is 10.1. The van der Waals surface area contributed by atoms with Crippen LogP contribution in [0.15, 0.2) is 49.1 Å². The Morgan fingerprint density at radius 1 is 1.14 bits per heavy atom. The van der Waals surface area contributed by atoms with Crippen LogP contribution in [0, 0.1) is 0 Å². The number of hydrogen-bond acceptors (Lipinski definition) is 7. The summed E-state index contributed by atoms with van der Waals surface area (Å²) in [5, 5.41) is 0. The van der Waals surface area contributed by atoms with E-state index in [9.17, 15) is 0 Å². The molecule has 1 aliphatic rings. The Hall–Kier alpha value is -3.55. The molecule has 8 heteroatoms. The third-order valence-corrected chi connectivity index (χ3v) is 4.88. The molecule has 0 aliphatic heterocycles. The SMILES string of the molecule is COc1cccc(N(C)c2ncc3nc(-c4ccncn4)n(C4CC4)c3n2)c1. The maximum atomic E-state index is 5.33. The first kappa shape index (κ1) is 16.6. The van der Waals surface area contributed by atoms with E-state index in [1.807, 2.05) is 42.3 Å². The van der Waals surface area contributed by atoms with Crippen molar-refractivity contribution in [3.8, 4) is 17.3 Å². The first-order valence-corrected chi connectivity index (χ1v) is 9.14. The van der Waals surface area contributed by atoms with Gasteiger partial charge in [0.2, 0.25) is 5.95 Å². The zero-order valence-electron chi connectivity index (χ0n) is 15.6. The van der Waals surface area contributed by atoms with Crippen LogP contribution in [0.1, 0.15) is 18.9 Å². The quantitative estimate of drug-likeness (QED) is 0.530. The van der Waals surface area contributed by atoms with Crippen LogP contribution < -0.4 is 9.64 Å². The van der Waals surface area contributed by atoms with E-state index in [2.05, 4.69) is 19.5 Å². The summed E-state index contributed by atoms with van der Waals surface area (Å²) in [5.41, 5.74) is 3.34. The molecule has 1 aromatic carbocycles. The van der Waals surface area contributed by atoms with Gasteiger partial charge in [-0.2, -0.15) is 4.98 Å². The van der Waals surface area contributed by atoms with Crippen LogP contribution in [0.3, 0.4) is 0 Å². The second-order valence-electron chi connectivity index (χ2n) is 6.77. The molecule has 8 nitrogen and oxygen atoms in total. The van der Waals surface area contributed by atoms with E-state index in [1.165, 1.54) is 0 Å². The van der Waals surface area contributed by atoms with Gasteiger partial charge in [-0.3, -0.25) is 0 Å². The van der Waals surface area contributed by atoms with E-state index in [-0.39, 0.29) is 0 Å². The average molecular weight is 373 g/mol. The molecule has 1 fully saturated rings. The lowest BCUT2D eigenvalue weighted by Gasteiger charge is -2.18. The third-order valence-electron chi connectivity index (χ3n) is 4.88. The summed E-state index contributed by atoms with van der Waals surface area (Å²) in [5.74, 6) is 2.21. The van der Waals surface area contributed by atoms with Gasteiger partial charge in [0.1, 0.15) is 23.3 Å². The maximum absolute atomic E-state index is 5.33. The van der Waals surface area contributed by atoms with E-state index >= 15 is 0 Å². The molecule has 4 aromatic rings. The number of benzene rings is 1. The number of ether oxygens (including phenoxy) is 1. The second kappa shape index (κ2) is 6.56. The number of anilines is 2. The molecular formula is C20H19N7O. The van der Waals surface area contributed by atoms with E-state index in [4.69, 9.17) is 14.7 Å². The van der Waals surface area contributed by atoms with Gasteiger partial charge in [0.05, 0.1) is 13.3 Å². The molecule has 0 amide bonds. The number of fused-ring (bicyclic) bond motifs is 1. The van der Waals surface area contributed by atoms with Gasteiger partial charge in [-0.1, -0.05) is 6.07 Å². The van der Waals surface area contributed by atoms with E-state index in [0.717, 1.165) is 47.0 Å². The molecule has 0 atom stereocenters. The number of imidazole rings is 1. The minimum atomic E-state index is 0.403. The van der Waals surface area contributed by atoms with Crippen molar-refractivity contribution in [2.75, 3.05) is 19.1 Å². The molecule has 0 N–H and O–H groups in total. The minimum Gasteiger partial charge on any atom is -0.497 e. The van der Waals surface area contributed by atoms with Crippen molar-refractivity contribution >= 4 is 22.8 Å². The van der Waals surface area contributed by atoms with Gasteiger partial charge in [0.15, 0.2) is 11.5 Å². The average Bonchev–Trinajstić information content (AvgIpc) is 3.53. The highest BCUT2D eigenvalue weighted by Crippen LogP contribution is 2.40. The molecule has 0 bridgehead atoms. The van der Waals surface area contributed by atoms with Crippen LogP contribution in [-0.4, -0.2) is 43.6 Å². The van der Waals surface area contributed by atoms with Crippen molar-refractivity contribution in [1.29, 1.82) is 0 Å². The molecule has 0 radical (unpaired) electrons. The molecule has 28 heavy (non-hydrogen) atoms. The lowest BCUT2D eigenvalue weighted by molar-refractivity contribution is 0.415. The fourth-order valence-corrected chi connectivity index (χ4v) is 3.26. The van der Waals surface area contributed by atoms with Crippen molar-refractivity contribution in [2.45, 2.75) is 18.9 Å². The summed E-state index contributed by atoms with van der Waals surface area (Å²) < 4.78 is 7.51. The largest absolute Gasteiger partial charge is 0.497 e. The second-order valence-corrected chi connectivity index (χ2v) is 6.77. The van der Waals surface area contributed by atoms with Crippen LogP contribution in [0.5, 0.6) is 5.75 Å². The van der Waals surface area contributed by atoms with E-state index in [1.54, 1.807) is 25.8 Å². The Morgan fingerprint density at radius 2 is 2.04 bits per heavy atom. The van der Waals surface area contributed by atoms with Gasteiger partial charge in [-0.25, -0.2) is 19.9 Å². The summed E-state index contributed by atoms with van der Waals surface area (Å²) >= 11 is 0. The normalized spacial score (nSPS) is 13.6. The van der Waals surface area contributed by atoms with Crippen molar-refractivity contribution in [1.82, 2.24) is 29.5 Å². The number of nitrogens with zero attached hydrogens (tertiary/aromatic N) is 7. The Bertz CT molecular complexity index is 1140. The number of methoxy groups -OCH3 is 1. The van der Waals surface area contributed by atoms with Crippen molar-refractivity contribution in [2.24, 2.45) is 0 Å². The van der Waals surface area contributed by atoms with Gasteiger partial charge < -0.3 is 14.2 Å². The summed E-state index contributed by atoms with van der Waals surface area (Å²) in [6.07, 6.45) is 7.29. The first-order valence-electron chi connectivity index (χ1n) is 9.14. The first-order chi connectivity index (χ1) is 13.7. The highest BCUT2D eigenvalue weighted by Gasteiger charge is 2.30. The third kappa shape index (κ3) is 2.83. The smallest absolute Gasteiger partial charge is 0.231 e. The summed E-state index contributed by atoms with van der Waals surface area (Å²) in [4.78, 5) is 24.5. The van der Waals surface area contributed by atoms with Gasteiger partial charge in [0.25, 0.3) is 0 Å². The number of hydrogen-bond donors (Lipinski definition) is 0. The fourth-order valence-electron chi connectivity index (χ4n) is 3.26. The lowest BCUT2D eigenvalue weighted by Crippen LogP contribution is -2.13. The highest BCUT2D eigenvalue weighted by molar-refractivity contribution is 5.78. The zero-order valence-corrected chi connectivity index (χ0v) is 15.6. The van der Waals surface area contributed by atoms with Crippen LogP contribution in [0.4, 0.5) is 11.6 Å². The van der Waals surface area contributed by atoms with E-state index in [0.29, 0.717) is 12.0 Å². The van der Waals surface area contributed by atoms with Crippen molar-refractivity contribution in [3.63, 3.8) is 0 Å².